The van der Waals surface area contributed by atoms with Gasteiger partial charge >= 0.3 is 0 Å². The molecule has 144 valence electrons. The summed E-state index contributed by atoms with van der Waals surface area (Å²) in [4.78, 5) is 15.0. The van der Waals surface area contributed by atoms with Gasteiger partial charge in [-0.2, -0.15) is 0 Å². The van der Waals surface area contributed by atoms with E-state index in [1.54, 1.807) is 0 Å². The molecule has 0 amide bonds. The molecule has 1 aliphatic heterocycles. The van der Waals surface area contributed by atoms with E-state index in [0.717, 1.165) is 81.7 Å². The van der Waals surface area contributed by atoms with Crippen LogP contribution >= 0.6 is 24.0 Å². The number of nitrogens with one attached hydrogen (secondary N) is 3. The molecule has 3 N–H and O–H groups in total. The second-order valence-electron chi connectivity index (χ2n) is 6.09. The summed E-state index contributed by atoms with van der Waals surface area (Å²) in [6, 6.07) is 8.11. The fourth-order valence-corrected chi connectivity index (χ4v) is 2.89. The van der Waals surface area contributed by atoms with Crippen LogP contribution in [0.3, 0.4) is 0 Å². The molecule has 0 bridgehead atoms. The molecule has 1 saturated heterocycles. The van der Waals surface area contributed by atoms with Crippen LogP contribution in [-0.2, 0) is 11.2 Å². The Labute approximate surface area is 172 Å². The smallest absolute Gasteiger partial charge is 0.191 e. The van der Waals surface area contributed by atoms with Crippen LogP contribution in [0.4, 0.5) is 0 Å². The Hall–Kier alpha value is -1.39. The molecule has 0 unspecified atom stereocenters. The number of halogens is 1. The fourth-order valence-electron chi connectivity index (χ4n) is 2.89. The molecule has 1 fully saturated rings. The van der Waals surface area contributed by atoms with Crippen molar-refractivity contribution in [2.75, 3.05) is 52.5 Å². The third-order valence-corrected chi connectivity index (χ3v) is 4.23. The molecule has 2 aromatic rings. The maximum absolute atomic E-state index is 5.37. The van der Waals surface area contributed by atoms with E-state index < -0.39 is 0 Å². The number of aromatic amines is 1. The van der Waals surface area contributed by atoms with E-state index in [1.165, 1.54) is 0 Å². The van der Waals surface area contributed by atoms with Crippen LogP contribution in [0.1, 0.15) is 12.7 Å². The summed E-state index contributed by atoms with van der Waals surface area (Å²) in [7, 11) is 0. The predicted molar refractivity (Wildman–Crippen MR) is 116 cm³/mol. The van der Waals surface area contributed by atoms with Gasteiger partial charge in [0.2, 0.25) is 0 Å². The predicted octanol–water partition coefficient (Wildman–Crippen LogP) is 1.61. The number of ether oxygens (including phenoxy) is 1. The number of benzene rings is 1. The van der Waals surface area contributed by atoms with Crippen LogP contribution in [0, 0.1) is 0 Å². The van der Waals surface area contributed by atoms with Crippen molar-refractivity contribution in [2.45, 2.75) is 13.3 Å². The molecule has 1 aromatic carbocycles. The Morgan fingerprint density at radius 3 is 2.85 bits per heavy atom. The number of guanidine groups is 1. The molecular weight excluding hydrogens is 443 g/mol. The van der Waals surface area contributed by atoms with Gasteiger partial charge in [0, 0.05) is 39.1 Å². The van der Waals surface area contributed by atoms with Gasteiger partial charge in [0.15, 0.2) is 5.96 Å². The van der Waals surface area contributed by atoms with E-state index in [9.17, 15) is 0 Å². The van der Waals surface area contributed by atoms with E-state index in [0.29, 0.717) is 0 Å². The highest BCUT2D eigenvalue weighted by atomic mass is 127. The Bertz CT molecular complexity index is 650. The largest absolute Gasteiger partial charge is 0.379 e. The number of H-pyrrole nitrogens is 1. The van der Waals surface area contributed by atoms with Gasteiger partial charge in [-0.15, -0.1) is 24.0 Å². The van der Waals surface area contributed by atoms with Crippen molar-refractivity contribution in [3.05, 3.63) is 30.1 Å². The lowest BCUT2D eigenvalue weighted by Crippen LogP contribution is -2.40. The highest BCUT2D eigenvalue weighted by Crippen LogP contribution is 2.10. The number of morpholine rings is 1. The monoisotopic (exact) mass is 472 g/mol. The number of nitrogens with zero attached hydrogens (tertiary/aromatic N) is 3. The highest BCUT2D eigenvalue weighted by molar-refractivity contribution is 14.0. The topological polar surface area (TPSA) is 77.6 Å². The van der Waals surface area contributed by atoms with Crippen molar-refractivity contribution in [3.8, 4) is 0 Å². The molecule has 8 heteroatoms. The molecule has 0 saturated carbocycles. The molecule has 0 spiro atoms. The van der Waals surface area contributed by atoms with Crippen LogP contribution in [0.25, 0.3) is 11.0 Å². The van der Waals surface area contributed by atoms with Crippen LogP contribution in [-0.4, -0.2) is 73.3 Å². The second-order valence-corrected chi connectivity index (χ2v) is 6.09. The van der Waals surface area contributed by atoms with E-state index in [2.05, 4.69) is 43.5 Å². The van der Waals surface area contributed by atoms with Gasteiger partial charge < -0.3 is 20.4 Å². The second kappa shape index (κ2) is 11.3. The van der Waals surface area contributed by atoms with Crippen LogP contribution in [0.2, 0.25) is 0 Å². The van der Waals surface area contributed by atoms with Gasteiger partial charge in [-0.1, -0.05) is 12.1 Å². The zero-order chi connectivity index (χ0) is 17.3. The molecular formula is C18H29IN6O. The molecule has 7 nitrogen and oxygen atoms in total. The van der Waals surface area contributed by atoms with E-state index in [1.807, 2.05) is 18.2 Å². The summed E-state index contributed by atoms with van der Waals surface area (Å²) in [5.74, 6) is 1.87. The minimum absolute atomic E-state index is 0. The summed E-state index contributed by atoms with van der Waals surface area (Å²) < 4.78 is 5.37. The van der Waals surface area contributed by atoms with Crippen molar-refractivity contribution < 1.29 is 4.74 Å². The summed E-state index contributed by atoms with van der Waals surface area (Å²) in [5, 5.41) is 6.69. The van der Waals surface area contributed by atoms with Gasteiger partial charge in [-0.3, -0.25) is 9.89 Å². The molecule has 2 heterocycles. The lowest BCUT2D eigenvalue weighted by molar-refractivity contribution is 0.0394. The van der Waals surface area contributed by atoms with Crippen LogP contribution in [0.5, 0.6) is 0 Å². The first kappa shape index (κ1) is 20.9. The Kier molecular flexibility index (Phi) is 9.13. The maximum Gasteiger partial charge on any atom is 0.191 e. The molecule has 1 aliphatic rings. The quantitative estimate of drug-likeness (QED) is 0.325. The van der Waals surface area contributed by atoms with Crippen LogP contribution < -0.4 is 10.6 Å². The fraction of sp³-hybridized carbons (Fsp3) is 0.556. The zero-order valence-corrected chi connectivity index (χ0v) is 17.7. The normalized spacial score (nSPS) is 15.7. The molecule has 1 aromatic heterocycles. The summed E-state index contributed by atoms with van der Waals surface area (Å²) in [5.41, 5.74) is 2.10. The van der Waals surface area contributed by atoms with Crippen molar-refractivity contribution in [3.63, 3.8) is 0 Å². The summed E-state index contributed by atoms with van der Waals surface area (Å²) in [6.07, 6.45) is 0.836. The minimum atomic E-state index is 0. The van der Waals surface area contributed by atoms with E-state index >= 15 is 0 Å². The number of hydrogen-bond donors (Lipinski definition) is 3. The Morgan fingerprint density at radius 2 is 2.08 bits per heavy atom. The third kappa shape index (κ3) is 6.40. The van der Waals surface area contributed by atoms with E-state index in [-0.39, 0.29) is 24.0 Å². The first-order chi connectivity index (χ1) is 12.3. The highest BCUT2D eigenvalue weighted by Gasteiger charge is 2.09. The number of hydrogen-bond acceptors (Lipinski definition) is 4. The van der Waals surface area contributed by atoms with E-state index in [4.69, 9.17) is 4.74 Å². The molecule has 26 heavy (non-hydrogen) atoms. The van der Waals surface area contributed by atoms with Crippen LogP contribution in [0.15, 0.2) is 29.3 Å². The summed E-state index contributed by atoms with van der Waals surface area (Å²) >= 11 is 0. The van der Waals surface area contributed by atoms with Crippen molar-refractivity contribution >= 4 is 41.0 Å². The minimum Gasteiger partial charge on any atom is -0.379 e. The third-order valence-electron chi connectivity index (χ3n) is 4.23. The molecule has 0 radical (unpaired) electrons. The molecule has 0 aliphatic carbocycles. The number of aliphatic imine (C=N–C) groups is 1. The van der Waals surface area contributed by atoms with Gasteiger partial charge in [0.05, 0.1) is 30.8 Å². The van der Waals surface area contributed by atoms with Crippen molar-refractivity contribution in [1.29, 1.82) is 0 Å². The van der Waals surface area contributed by atoms with Crippen molar-refractivity contribution in [2.24, 2.45) is 4.99 Å². The lowest BCUT2D eigenvalue weighted by atomic mass is 10.3. The average Bonchev–Trinajstić information content (AvgIpc) is 3.05. The average molecular weight is 472 g/mol. The van der Waals surface area contributed by atoms with Crippen molar-refractivity contribution in [1.82, 2.24) is 25.5 Å². The van der Waals surface area contributed by atoms with Gasteiger partial charge in [-0.25, -0.2) is 4.98 Å². The van der Waals surface area contributed by atoms with Gasteiger partial charge in [0.1, 0.15) is 5.82 Å². The number of imidazole rings is 1. The Morgan fingerprint density at radius 1 is 1.27 bits per heavy atom. The number of para-hydroxylation sites is 2. The lowest BCUT2D eigenvalue weighted by Gasteiger charge is -2.25. The first-order valence-electron chi connectivity index (χ1n) is 9.11. The molecule has 3 rings (SSSR count). The first-order valence-corrected chi connectivity index (χ1v) is 9.11. The maximum atomic E-state index is 5.37. The standard InChI is InChI=1S/C18H28N6O.HI/c1-2-19-18(21-9-10-24-11-13-25-14-12-24)20-8-7-17-22-15-5-3-4-6-16(15)23-17;/h3-6H,2,7-14H2,1H3,(H,22,23)(H2,19,20,21);1H. The number of fused-ring (bicyclic) bond motifs is 1. The SMILES string of the molecule is CCNC(=NCCN1CCOCC1)NCCc1nc2ccccc2[nH]1.I. The number of rotatable bonds is 7. The molecule has 0 atom stereocenters. The summed E-state index contributed by atoms with van der Waals surface area (Å²) in [6.45, 7) is 9.18. The van der Waals surface area contributed by atoms with Gasteiger partial charge in [0.25, 0.3) is 0 Å². The van der Waals surface area contributed by atoms with Gasteiger partial charge in [-0.05, 0) is 19.1 Å². The number of aromatic nitrogens is 2. The zero-order valence-electron chi connectivity index (χ0n) is 15.3. The Balaban J connectivity index is 0.00000243.